The normalized spacial score (nSPS) is 21.0. The molecule has 1 fully saturated rings. The Balaban J connectivity index is 1.89. The van der Waals surface area contributed by atoms with Crippen molar-refractivity contribution in [2.24, 2.45) is 11.8 Å². The van der Waals surface area contributed by atoms with Gasteiger partial charge in [0.2, 0.25) is 0 Å². The summed E-state index contributed by atoms with van der Waals surface area (Å²) in [7, 11) is 0. The number of nitro benzene ring substituents is 1. The number of Topliss-reactive ketones (excluding diaryl/α,β-unsaturated/α-hetero) is 1. The highest BCUT2D eigenvalue weighted by atomic mass is 19.4. The quantitative estimate of drug-likeness (QED) is 0.619. The van der Waals surface area contributed by atoms with Gasteiger partial charge in [0.25, 0.3) is 5.69 Å². The summed E-state index contributed by atoms with van der Waals surface area (Å²) in [5, 5.41) is 19.9. The number of benzene rings is 1. The van der Waals surface area contributed by atoms with Gasteiger partial charge in [0.05, 0.1) is 23.0 Å². The maximum atomic E-state index is 12.6. The van der Waals surface area contributed by atoms with Crippen molar-refractivity contribution in [2.75, 3.05) is 6.61 Å². The van der Waals surface area contributed by atoms with E-state index in [1.54, 1.807) is 0 Å². The fourth-order valence-electron chi connectivity index (χ4n) is 2.97. The first-order valence-electron chi connectivity index (χ1n) is 7.82. The minimum Gasteiger partial charge on any atom is -0.486 e. The molecule has 1 saturated carbocycles. The Morgan fingerprint density at radius 2 is 1.92 bits per heavy atom. The lowest BCUT2D eigenvalue weighted by Gasteiger charge is -2.28. The third-order valence-electron chi connectivity index (χ3n) is 4.44. The number of halogens is 3. The van der Waals surface area contributed by atoms with Crippen LogP contribution in [0.2, 0.25) is 0 Å². The van der Waals surface area contributed by atoms with E-state index in [1.807, 2.05) is 0 Å². The van der Waals surface area contributed by atoms with Crippen molar-refractivity contribution in [3.63, 3.8) is 0 Å². The zero-order valence-corrected chi connectivity index (χ0v) is 13.3. The minimum absolute atomic E-state index is 0.0561. The van der Waals surface area contributed by atoms with Crippen LogP contribution < -0.4 is 4.74 Å². The second kappa shape index (κ2) is 7.81. The highest BCUT2D eigenvalue weighted by Gasteiger charge is 2.42. The first kappa shape index (κ1) is 19.2. The second-order valence-electron chi connectivity index (χ2n) is 6.05. The van der Waals surface area contributed by atoms with E-state index in [-0.39, 0.29) is 55.1 Å². The molecule has 0 aromatic heterocycles. The van der Waals surface area contributed by atoms with E-state index in [9.17, 15) is 28.1 Å². The van der Waals surface area contributed by atoms with Crippen LogP contribution in [0.25, 0.3) is 0 Å². The van der Waals surface area contributed by atoms with Crippen LogP contribution in [0.5, 0.6) is 5.75 Å². The molecule has 138 valence electrons. The molecule has 0 atom stereocenters. The summed E-state index contributed by atoms with van der Waals surface area (Å²) in [4.78, 5) is 22.2. The SMILES string of the molecule is O=C(COc1ccc([N+](=O)[O-])c(CO)c1)C1CCC(C(F)(F)F)CC1. The molecule has 1 aliphatic carbocycles. The van der Waals surface area contributed by atoms with E-state index in [2.05, 4.69) is 0 Å². The first-order valence-corrected chi connectivity index (χ1v) is 7.82. The maximum Gasteiger partial charge on any atom is 0.391 e. The van der Waals surface area contributed by atoms with E-state index >= 15 is 0 Å². The summed E-state index contributed by atoms with van der Waals surface area (Å²) < 4.78 is 43.2. The third kappa shape index (κ3) is 4.91. The molecule has 9 heteroatoms. The molecule has 0 heterocycles. The van der Waals surface area contributed by atoms with Crippen molar-refractivity contribution in [1.29, 1.82) is 0 Å². The molecule has 0 saturated heterocycles. The lowest BCUT2D eigenvalue weighted by atomic mass is 9.80. The van der Waals surface area contributed by atoms with E-state index in [0.717, 1.165) is 0 Å². The molecule has 1 N–H and O–H groups in total. The van der Waals surface area contributed by atoms with Crippen molar-refractivity contribution in [1.82, 2.24) is 0 Å². The first-order chi connectivity index (χ1) is 11.7. The number of hydrogen-bond donors (Lipinski definition) is 1. The van der Waals surface area contributed by atoms with Gasteiger partial charge in [-0.2, -0.15) is 13.2 Å². The van der Waals surface area contributed by atoms with Crippen molar-refractivity contribution < 1.29 is 32.7 Å². The van der Waals surface area contributed by atoms with Gasteiger partial charge in [-0.15, -0.1) is 0 Å². The highest BCUT2D eigenvalue weighted by molar-refractivity contribution is 5.82. The Hall–Kier alpha value is -2.16. The molecule has 0 bridgehead atoms. The Morgan fingerprint density at radius 3 is 2.44 bits per heavy atom. The van der Waals surface area contributed by atoms with Crippen LogP contribution in [0.1, 0.15) is 31.2 Å². The van der Waals surface area contributed by atoms with Gasteiger partial charge in [-0.25, -0.2) is 0 Å². The smallest absolute Gasteiger partial charge is 0.391 e. The van der Waals surface area contributed by atoms with Crippen molar-refractivity contribution in [3.8, 4) is 5.75 Å². The molecule has 0 amide bonds. The molecule has 25 heavy (non-hydrogen) atoms. The van der Waals surface area contributed by atoms with E-state index in [0.29, 0.717) is 0 Å². The number of alkyl halides is 3. The average Bonchev–Trinajstić information content (AvgIpc) is 2.58. The highest BCUT2D eigenvalue weighted by Crippen LogP contribution is 2.39. The number of ketones is 1. The van der Waals surface area contributed by atoms with Crippen LogP contribution in [-0.4, -0.2) is 28.6 Å². The van der Waals surface area contributed by atoms with E-state index in [1.165, 1.54) is 18.2 Å². The monoisotopic (exact) mass is 361 g/mol. The van der Waals surface area contributed by atoms with Crippen molar-refractivity contribution in [2.45, 2.75) is 38.5 Å². The van der Waals surface area contributed by atoms with Crippen LogP contribution in [-0.2, 0) is 11.4 Å². The lowest BCUT2D eigenvalue weighted by Crippen LogP contribution is -2.32. The van der Waals surface area contributed by atoms with Crippen LogP contribution >= 0.6 is 0 Å². The number of aliphatic hydroxyl groups is 1. The number of carbonyl (C=O) groups excluding carboxylic acids is 1. The Bertz CT molecular complexity index is 639. The van der Waals surface area contributed by atoms with Gasteiger partial charge < -0.3 is 9.84 Å². The van der Waals surface area contributed by atoms with Gasteiger partial charge >= 0.3 is 6.18 Å². The number of hydrogen-bond acceptors (Lipinski definition) is 5. The average molecular weight is 361 g/mol. The third-order valence-corrected chi connectivity index (χ3v) is 4.44. The Labute approximate surface area is 141 Å². The summed E-state index contributed by atoms with van der Waals surface area (Å²) in [5.74, 6) is -1.91. The van der Waals surface area contributed by atoms with Gasteiger partial charge in [0.15, 0.2) is 5.78 Å². The summed E-state index contributed by atoms with van der Waals surface area (Å²) in [6, 6.07) is 3.75. The second-order valence-corrected chi connectivity index (χ2v) is 6.05. The molecule has 1 aromatic carbocycles. The number of carbonyl (C=O) groups is 1. The Morgan fingerprint density at radius 1 is 1.28 bits per heavy atom. The van der Waals surface area contributed by atoms with Gasteiger partial charge in [-0.1, -0.05) is 0 Å². The van der Waals surface area contributed by atoms with Crippen molar-refractivity contribution >= 4 is 11.5 Å². The molecule has 1 aliphatic rings. The lowest BCUT2D eigenvalue weighted by molar-refractivity contribution is -0.385. The predicted molar refractivity (Wildman–Crippen MR) is 81.0 cm³/mol. The molecule has 0 unspecified atom stereocenters. The summed E-state index contributed by atoms with van der Waals surface area (Å²) in [5.41, 5.74) is -0.202. The molecular formula is C16H18F3NO5. The zero-order valence-electron chi connectivity index (χ0n) is 13.3. The molecule has 0 radical (unpaired) electrons. The van der Waals surface area contributed by atoms with Crippen LogP contribution in [0.15, 0.2) is 18.2 Å². The maximum absolute atomic E-state index is 12.6. The molecule has 0 spiro atoms. The topological polar surface area (TPSA) is 89.7 Å². The number of nitrogens with zero attached hydrogens (tertiary/aromatic N) is 1. The van der Waals surface area contributed by atoms with Gasteiger partial charge in [0, 0.05) is 12.0 Å². The van der Waals surface area contributed by atoms with E-state index < -0.39 is 29.5 Å². The van der Waals surface area contributed by atoms with Gasteiger partial charge in [-0.3, -0.25) is 14.9 Å². The largest absolute Gasteiger partial charge is 0.486 e. The molecule has 6 nitrogen and oxygen atoms in total. The van der Waals surface area contributed by atoms with Gasteiger partial charge in [-0.05, 0) is 37.8 Å². The summed E-state index contributed by atoms with van der Waals surface area (Å²) in [6.45, 7) is -0.868. The fraction of sp³-hybridized carbons (Fsp3) is 0.562. The Kier molecular flexibility index (Phi) is 5.99. The van der Waals surface area contributed by atoms with Crippen LogP contribution in [0, 0.1) is 22.0 Å². The number of rotatable bonds is 6. The fourth-order valence-corrected chi connectivity index (χ4v) is 2.97. The van der Waals surface area contributed by atoms with Crippen molar-refractivity contribution in [3.05, 3.63) is 33.9 Å². The van der Waals surface area contributed by atoms with Gasteiger partial charge in [0.1, 0.15) is 12.4 Å². The number of nitro groups is 1. The molecule has 2 rings (SSSR count). The summed E-state index contributed by atoms with van der Waals surface area (Å²) in [6.07, 6.45) is -3.99. The molecular weight excluding hydrogens is 343 g/mol. The minimum atomic E-state index is -4.22. The van der Waals surface area contributed by atoms with E-state index in [4.69, 9.17) is 9.84 Å². The zero-order chi connectivity index (χ0) is 18.6. The summed E-state index contributed by atoms with van der Waals surface area (Å²) >= 11 is 0. The number of ether oxygens (including phenoxy) is 1. The number of aliphatic hydroxyl groups excluding tert-OH is 1. The van der Waals surface area contributed by atoms with Crippen LogP contribution in [0.3, 0.4) is 0 Å². The standard InChI is InChI=1S/C16H18F3NO5/c17-16(18,19)12-3-1-10(2-4-12)15(22)9-25-13-5-6-14(20(23)24)11(7-13)8-21/h5-7,10,12,21H,1-4,8-9H2. The van der Waals surface area contributed by atoms with Crippen LogP contribution in [0.4, 0.5) is 18.9 Å². The molecule has 1 aromatic rings. The molecule has 0 aliphatic heterocycles. The predicted octanol–water partition coefficient (Wildman–Crippen LogP) is 3.40.